The van der Waals surface area contributed by atoms with Gasteiger partial charge in [0, 0.05) is 0 Å². The zero-order valence-corrected chi connectivity index (χ0v) is 10.4. The highest BCUT2D eigenvalue weighted by Crippen LogP contribution is 2.25. The third kappa shape index (κ3) is 2.75. The van der Waals surface area contributed by atoms with E-state index in [-0.39, 0.29) is 11.6 Å². The normalized spacial score (nSPS) is 18.3. The number of aldehydes is 1. The first kappa shape index (κ1) is 12.7. The van der Waals surface area contributed by atoms with Crippen LogP contribution in [0, 0.1) is 12.8 Å². The molecule has 0 radical (unpaired) electrons. The van der Waals surface area contributed by atoms with Crippen LogP contribution in [0.1, 0.15) is 48.3 Å². The standard InChI is InChI=1S/C12H17N3O3/c1-8-11(15-18-14-8)12(17)13-10(7-16)9-5-3-2-4-6-9/h7,9-10H,2-6H2,1H3,(H,13,17). The summed E-state index contributed by atoms with van der Waals surface area (Å²) in [6, 6.07) is -0.436. The summed E-state index contributed by atoms with van der Waals surface area (Å²) in [6.07, 6.45) is 6.24. The van der Waals surface area contributed by atoms with E-state index in [0.29, 0.717) is 5.69 Å². The maximum absolute atomic E-state index is 11.9. The first-order chi connectivity index (χ1) is 8.72. The van der Waals surface area contributed by atoms with Gasteiger partial charge in [0.25, 0.3) is 5.91 Å². The van der Waals surface area contributed by atoms with Gasteiger partial charge in [0.05, 0.1) is 6.04 Å². The molecule has 0 bridgehead atoms. The van der Waals surface area contributed by atoms with Crippen LogP contribution >= 0.6 is 0 Å². The number of aromatic nitrogens is 2. The van der Waals surface area contributed by atoms with Gasteiger partial charge in [0.1, 0.15) is 12.0 Å². The molecule has 1 aliphatic carbocycles. The zero-order chi connectivity index (χ0) is 13.0. The number of aryl methyl sites for hydroxylation is 1. The maximum atomic E-state index is 11.9. The second-order valence-electron chi connectivity index (χ2n) is 4.73. The highest BCUT2D eigenvalue weighted by atomic mass is 16.6. The average Bonchev–Trinajstić information content (AvgIpc) is 2.83. The van der Waals surface area contributed by atoms with Crippen molar-refractivity contribution in [2.75, 3.05) is 0 Å². The van der Waals surface area contributed by atoms with Gasteiger partial charge in [-0.15, -0.1) is 0 Å². The van der Waals surface area contributed by atoms with E-state index >= 15 is 0 Å². The van der Waals surface area contributed by atoms with Gasteiger partial charge in [-0.1, -0.05) is 24.4 Å². The van der Waals surface area contributed by atoms with E-state index in [1.54, 1.807) is 6.92 Å². The lowest BCUT2D eigenvalue weighted by Crippen LogP contribution is -2.42. The molecule has 0 spiro atoms. The Balaban J connectivity index is 1.99. The first-order valence-corrected chi connectivity index (χ1v) is 6.27. The Bertz CT molecular complexity index is 424. The van der Waals surface area contributed by atoms with Crippen LogP contribution in [0.2, 0.25) is 0 Å². The molecular weight excluding hydrogens is 234 g/mol. The Kier molecular flexibility index (Phi) is 4.07. The number of hydrogen-bond acceptors (Lipinski definition) is 5. The quantitative estimate of drug-likeness (QED) is 0.814. The van der Waals surface area contributed by atoms with Crippen molar-refractivity contribution >= 4 is 12.2 Å². The van der Waals surface area contributed by atoms with Gasteiger partial charge >= 0.3 is 0 Å². The number of rotatable bonds is 4. The van der Waals surface area contributed by atoms with Gasteiger partial charge in [0.2, 0.25) is 0 Å². The fraction of sp³-hybridized carbons (Fsp3) is 0.667. The van der Waals surface area contributed by atoms with Crippen LogP contribution < -0.4 is 5.32 Å². The molecule has 2 rings (SSSR count). The number of hydrogen-bond donors (Lipinski definition) is 1. The minimum atomic E-state index is -0.436. The molecule has 1 saturated carbocycles. The molecule has 1 fully saturated rings. The predicted molar refractivity (Wildman–Crippen MR) is 62.9 cm³/mol. The zero-order valence-electron chi connectivity index (χ0n) is 10.4. The summed E-state index contributed by atoms with van der Waals surface area (Å²) in [4.78, 5) is 23.0. The molecule has 6 nitrogen and oxygen atoms in total. The van der Waals surface area contributed by atoms with Crippen LogP contribution in [-0.4, -0.2) is 28.5 Å². The fourth-order valence-corrected chi connectivity index (χ4v) is 2.41. The molecule has 98 valence electrons. The van der Waals surface area contributed by atoms with Crippen molar-refractivity contribution in [3.8, 4) is 0 Å². The molecule has 1 unspecified atom stereocenters. The van der Waals surface area contributed by atoms with Crippen LogP contribution in [0.15, 0.2) is 4.63 Å². The highest BCUT2D eigenvalue weighted by molar-refractivity contribution is 5.94. The molecule has 1 N–H and O–H groups in total. The van der Waals surface area contributed by atoms with E-state index in [2.05, 4.69) is 20.3 Å². The summed E-state index contributed by atoms with van der Waals surface area (Å²) in [7, 11) is 0. The first-order valence-electron chi connectivity index (χ1n) is 6.27. The minimum absolute atomic E-state index is 0.151. The van der Waals surface area contributed by atoms with Crippen LogP contribution in [0.5, 0.6) is 0 Å². The Labute approximate surface area is 105 Å². The smallest absolute Gasteiger partial charge is 0.276 e. The second-order valence-corrected chi connectivity index (χ2v) is 4.73. The molecule has 1 aromatic rings. The fourth-order valence-electron chi connectivity index (χ4n) is 2.41. The van der Waals surface area contributed by atoms with E-state index < -0.39 is 11.9 Å². The SMILES string of the molecule is Cc1nonc1C(=O)NC(C=O)C1CCCCC1. The number of carbonyl (C=O) groups is 2. The number of amides is 1. The summed E-state index contributed by atoms with van der Waals surface area (Å²) in [6.45, 7) is 1.64. The Hall–Kier alpha value is -1.72. The lowest BCUT2D eigenvalue weighted by atomic mass is 9.84. The summed E-state index contributed by atoms with van der Waals surface area (Å²) >= 11 is 0. The van der Waals surface area contributed by atoms with Crippen molar-refractivity contribution in [2.24, 2.45) is 5.92 Å². The van der Waals surface area contributed by atoms with Crippen LogP contribution in [0.3, 0.4) is 0 Å². The van der Waals surface area contributed by atoms with E-state index in [4.69, 9.17) is 0 Å². The number of nitrogens with one attached hydrogen (secondary N) is 1. The summed E-state index contributed by atoms with van der Waals surface area (Å²) in [5, 5.41) is 9.79. The van der Waals surface area contributed by atoms with Gasteiger partial charge in [-0.25, -0.2) is 4.63 Å². The van der Waals surface area contributed by atoms with E-state index in [1.807, 2.05) is 0 Å². The third-order valence-corrected chi connectivity index (χ3v) is 3.47. The molecular formula is C12H17N3O3. The van der Waals surface area contributed by atoms with E-state index in [9.17, 15) is 9.59 Å². The maximum Gasteiger partial charge on any atom is 0.276 e. The summed E-state index contributed by atoms with van der Waals surface area (Å²) in [5.41, 5.74) is 0.582. The average molecular weight is 251 g/mol. The van der Waals surface area contributed by atoms with Gasteiger partial charge < -0.3 is 10.1 Å². The summed E-state index contributed by atoms with van der Waals surface area (Å²) < 4.78 is 4.48. The van der Waals surface area contributed by atoms with E-state index in [0.717, 1.165) is 32.0 Å². The minimum Gasteiger partial charge on any atom is -0.341 e. The van der Waals surface area contributed by atoms with Crippen molar-refractivity contribution in [3.63, 3.8) is 0 Å². The number of nitrogens with zero attached hydrogens (tertiary/aromatic N) is 2. The van der Waals surface area contributed by atoms with Crippen molar-refractivity contribution < 1.29 is 14.2 Å². The van der Waals surface area contributed by atoms with Crippen molar-refractivity contribution in [1.29, 1.82) is 0 Å². The molecule has 1 heterocycles. The Morgan fingerprint density at radius 3 is 2.67 bits per heavy atom. The predicted octanol–water partition coefficient (Wildman–Crippen LogP) is 1.26. The highest BCUT2D eigenvalue weighted by Gasteiger charge is 2.26. The van der Waals surface area contributed by atoms with Gasteiger partial charge in [0.15, 0.2) is 5.69 Å². The van der Waals surface area contributed by atoms with Crippen LogP contribution in [0.25, 0.3) is 0 Å². The van der Waals surface area contributed by atoms with Crippen molar-refractivity contribution in [3.05, 3.63) is 11.4 Å². The monoisotopic (exact) mass is 251 g/mol. The molecule has 6 heteroatoms. The van der Waals surface area contributed by atoms with Crippen LogP contribution in [0.4, 0.5) is 0 Å². The Morgan fingerprint density at radius 1 is 1.39 bits per heavy atom. The molecule has 18 heavy (non-hydrogen) atoms. The van der Waals surface area contributed by atoms with Crippen molar-refractivity contribution in [2.45, 2.75) is 45.1 Å². The summed E-state index contributed by atoms with van der Waals surface area (Å²) in [5.74, 6) is -0.156. The molecule has 0 aromatic carbocycles. The lowest BCUT2D eigenvalue weighted by Gasteiger charge is -2.26. The molecule has 1 aromatic heterocycles. The van der Waals surface area contributed by atoms with E-state index in [1.165, 1.54) is 6.42 Å². The lowest BCUT2D eigenvalue weighted by molar-refractivity contribution is -0.110. The number of carbonyl (C=O) groups excluding carboxylic acids is 2. The topological polar surface area (TPSA) is 85.1 Å². The third-order valence-electron chi connectivity index (χ3n) is 3.47. The molecule has 1 aliphatic rings. The van der Waals surface area contributed by atoms with Gasteiger partial charge in [-0.05, 0) is 30.8 Å². The second kappa shape index (κ2) is 5.75. The molecule has 0 aliphatic heterocycles. The van der Waals surface area contributed by atoms with Gasteiger partial charge in [-0.2, -0.15) is 0 Å². The van der Waals surface area contributed by atoms with Crippen molar-refractivity contribution in [1.82, 2.24) is 15.6 Å². The van der Waals surface area contributed by atoms with Gasteiger partial charge in [-0.3, -0.25) is 4.79 Å². The largest absolute Gasteiger partial charge is 0.341 e. The molecule has 1 atom stereocenters. The van der Waals surface area contributed by atoms with Crippen LogP contribution in [-0.2, 0) is 4.79 Å². The molecule has 1 amide bonds. The molecule has 0 saturated heterocycles. The Morgan fingerprint density at radius 2 is 2.11 bits per heavy atom.